The predicted molar refractivity (Wildman–Crippen MR) is 148 cm³/mol. The molecule has 192 valence electrons. The number of esters is 1. The molecule has 0 amide bonds. The van der Waals surface area contributed by atoms with E-state index in [1.165, 1.54) is 0 Å². The summed E-state index contributed by atoms with van der Waals surface area (Å²) in [6.07, 6.45) is -0.286. The molecule has 0 heterocycles. The number of carbonyl (C=O) groups is 1. The van der Waals surface area contributed by atoms with E-state index in [1.54, 1.807) is 33.1 Å². The Hall–Kier alpha value is -3.70. The highest BCUT2D eigenvalue weighted by Crippen LogP contribution is 2.34. The number of nitrogens with one attached hydrogen (secondary N) is 1. The summed E-state index contributed by atoms with van der Waals surface area (Å²) >= 11 is 0. The first-order valence-electron chi connectivity index (χ1n) is 12.6. The maximum Gasteiger partial charge on any atom is 0.338 e. The molecular weight excluding hydrogens is 465 g/mol. The van der Waals surface area contributed by atoms with E-state index in [1.807, 2.05) is 36.4 Å². The van der Waals surface area contributed by atoms with Gasteiger partial charge in [-0.15, -0.1) is 0 Å². The van der Waals surface area contributed by atoms with Crippen LogP contribution in [-0.2, 0) is 11.4 Å². The van der Waals surface area contributed by atoms with Crippen molar-refractivity contribution >= 4 is 16.7 Å². The van der Waals surface area contributed by atoms with Gasteiger partial charge < -0.3 is 14.8 Å². The predicted octanol–water partition coefficient (Wildman–Crippen LogP) is 7.96. The van der Waals surface area contributed by atoms with Gasteiger partial charge >= 0.3 is 5.97 Å². The van der Waals surface area contributed by atoms with Crippen LogP contribution in [0.25, 0.3) is 21.9 Å². The van der Waals surface area contributed by atoms with Gasteiger partial charge in [0.15, 0.2) is 0 Å². The van der Waals surface area contributed by atoms with Crippen LogP contribution in [0.2, 0.25) is 0 Å². The van der Waals surface area contributed by atoms with E-state index < -0.39 is 12.6 Å². The summed E-state index contributed by atoms with van der Waals surface area (Å²) in [5.41, 5.74) is 4.68. The van der Waals surface area contributed by atoms with Crippen LogP contribution in [0.3, 0.4) is 0 Å². The van der Waals surface area contributed by atoms with Gasteiger partial charge in [-0.05, 0) is 96.6 Å². The highest BCUT2D eigenvalue weighted by atomic mass is 19.1. The van der Waals surface area contributed by atoms with Crippen LogP contribution >= 0.6 is 0 Å². The summed E-state index contributed by atoms with van der Waals surface area (Å²) in [5, 5.41) is 5.86. The number of benzene rings is 4. The van der Waals surface area contributed by atoms with E-state index >= 15 is 0 Å². The highest BCUT2D eigenvalue weighted by molar-refractivity contribution is 5.99. The average Bonchev–Trinajstić information content (AvgIpc) is 2.91. The van der Waals surface area contributed by atoms with Crippen molar-refractivity contribution in [3.05, 3.63) is 101 Å². The number of ether oxygens (including phenoxy) is 2. The Labute approximate surface area is 218 Å². The molecule has 0 saturated heterocycles. The van der Waals surface area contributed by atoms with Crippen molar-refractivity contribution in [2.24, 2.45) is 0 Å². The van der Waals surface area contributed by atoms with Crippen LogP contribution in [0.1, 0.15) is 66.8 Å². The quantitative estimate of drug-likeness (QED) is 0.237. The van der Waals surface area contributed by atoms with Crippen molar-refractivity contribution in [3.8, 4) is 16.9 Å². The van der Waals surface area contributed by atoms with Crippen LogP contribution < -0.4 is 10.1 Å². The second-order valence-corrected chi connectivity index (χ2v) is 9.64. The van der Waals surface area contributed by atoms with Crippen molar-refractivity contribution in [1.82, 2.24) is 5.32 Å². The topological polar surface area (TPSA) is 47.6 Å². The van der Waals surface area contributed by atoms with Gasteiger partial charge in [0.1, 0.15) is 12.4 Å². The molecule has 4 aromatic carbocycles. The average molecular weight is 500 g/mol. The van der Waals surface area contributed by atoms with Crippen LogP contribution in [0.15, 0.2) is 78.9 Å². The second kappa shape index (κ2) is 11.6. The number of methoxy groups -OCH3 is 1. The van der Waals surface area contributed by atoms with Gasteiger partial charge in [-0.3, -0.25) is 0 Å². The van der Waals surface area contributed by atoms with Gasteiger partial charge in [-0.2, -0.15) is 0 Å². The van der Waals surface area contributed by atoms with Crippen LogP contribution in [0.4, 0.5) is 4.39 Å². The number of alkyl halides is 1. The Morgan fingerprint density at radius 1 is 0.865 bits per heavy atom. The van der Waals surface area contributed by atoms with Gasteiger partial charge in [-0.25, -0.2) is 9.18 Å². The summed E-state index contributed by atoms with van der Waals surface area (Å²) in [6, 6.07) is 26.0. The molecule has 0 aliphatic heterocycles. The first-order valence-corrected chi connectivity index (χ1v) is 12.6. The Kier molecular flexibility index (Phi) is 8.24. The molecule has 0 bridgehead atoms. The van der Waals surface area contributed by atoms with Crippen LogP contribution in [0.5, 0.6) is 5.75 Å². The highest BCUT2D eigenvalue weighted by Gasteiger charge is 2.18. The number of halogens is 1. The molecule has 5 heteroatoms. The van der Waals surface area contributed by atoms with Crippen molar-refractivity contribution in [1.29, 1.82) is 0 Å². The van der Waals surface area contributed by atoms with Crippen LogP contribution in [0, 0.1) is 0 Å². The smallest absolute Gasteiger partial charge is 0.338 e. The Morgan fingerprint density at radius 3 is 2.35 bits per heavy atom. The first-order chi connectivity index (χ1) is 17.8. The maximum absolute atomic E-state index is 13.7. The minimum atomic E-state index is -0.729. The molecule has 1 N–H and O–H groups in total. The van der Waals surface area contributed by atoms with E-state index in [0.717, 1.165) is 38.8 Å². The molecule has 4 aromatic rings. The lowest BCUT2D eigenvalue weighted by Gasteiger charge is -2.23. The minimum Gasteiger partial charge on any atom is -0.497 e. The monoisotopic (exact) mass is 499 g/mol. The first kappa shape index (κ1) is 26.4. The second-order valence-electron chi connectivity index (χ2n) is 9.64. The third-order valence-electron chi connectivity index (χ3n) is 6.61. The number of hydrogen-bond acceptors (Lipinski definition) is 4. The third kappa shape index (κ3) is 6.00. The zero-order valence-corrected chi connectivity index (χ0v) is 22.0. The SMILES string of the molecule is COc1cccc([C@@H](C)NC(C)c2cc(-c3ccc(CF)c(C(=O)OC(C)C)c3)c3ccccc3c2)c1. The van der Waals surface area contributed by atoms with Crippen molar-refractivity contribution < 1.29 is 18.7 Å². The van der Waals surface area contributed by atoms with E-state index in [0.29, 0.717) is 5.56 Å². The Bertz CT molecular complexity index is 1400. The summed E-state index contributed by atoms with van der Waals surface area (Å²) in [5.74, 6) is 0.322. The summed E-state index contributed by atoms with van der Waals surface area (Å²) < 4.78 is 24.5. The fourth-order valence-corrected chi connectivity index (χ4v) is 4.63. The normalized spacial score (nSPS) is 12.9. The molecule has 0 fully saturated rings. The molecule has 0 radical (unpaired) electrons. The number of hydrogen-bond donors (Lipinski definition) is 1. The molecule has 1 unspecified atom stereocenters. The van der Waals surface area contributed by atoms with Crippen molar-refractivity contribution in [3.63, 3.8) is 0 Å². The van der Waals surface area contributed by atoms with E-state index in [-0.39, 0.29) is 23.8 Å². The lowest BCUT2D eigenvalue weighted by molar-refractivity contribution is 0.0375. The van der Waals surface area contributed by atoms with Gasteiger partial charge in [0.25, 0.3) is 0 Å². The fraction of sp³-hybridized carbons (Fsp3) is 0.281. The molecule has 0 spiro atoms. The molecule has 4 rings (SSSR count). The molecular formula is C32H34FNO3. The largest absolute Gasteiger partial charge is 0.497 e. The number of carbonyl (C=O) groups excluding carboxylic acids is 1. The van der Waals surface area contributed by atoms with Crippen molar-refractivity contribution in [2.45, 2.75) is 52.6 Å². The molecule has 2 atom stereocenters. The minimum absolute atomic E-state index is 0.0417. The van der Waals surface area contributed by atoms with Crippen molar-refractivity contribution in [2.75, 3.05) is 7.11 Å². The van der Waals surface area contributed by atoms with E-state index in [4.69, 9.17) is 9.47 Å². The molecule has 37 heavy (non-hydrogen) atoms. The zero-order chi connectivity index (χ0) is 26.5. The Balaban J connectivity index is 1.74. The molecule has 0 aromatic heterocycles. The third-order valence-corrected chi connectivity index (χ3v) is 6.61. The summed E-state index contributed by atoms with van der Waals surface area (Å²) in [7, 11) is 1.67. The van der Waals surface area contributed by atoms with Gasteiger partial charge in [0.05, 0.1) is 18.8 Å². The van der Waals surface area contributed by atoms with E-state index in [9.17, 15) is 9.18 Å². The molecule has 0 aliphatic carbocycles. The fourth-order valence-electron chi connectivity index (χ4n) is 4.63. The number of fused-ring (bicyclic) bond motifs is 1. The Morgan fingerprint density at radius 2 is 1.62 bits per heavy atom. The van der Waals surface area contributed by atoms with E-state index in [2.05, 4.69) is 49.5 Å². The van der Waals surface area contributed by atoms with Gasteiger partial charge in [0.2, 0.25) is 0 Å². The lowest BCUT2D eigenvalue weighted by Crippen LogP contribution is -2.22. The molecule has 0 aliphatic rings. The zero-order valence-electron chi connectivity index (χ0n) is 22.0. The van der Waals surface area contributed by atoms with Gasteiger partial charge in [0, 0.05) is 12.1 Å². The van der Waals surface area contributed by atoms with Gasteiger partial charge in [-0.1, -0.05) is 48.5 Å². The standard InChI is InChI=1S/C32H34FNO3/c1-20(2)37-32(35)31-17-25(13-14-26(31)19-33)30-18-27(15-24-9-6-7-12-29(24)30)22(4)34-21(3)23-10-8-11-28(16-23)36-5/h6-18,20-22,34H,19H2,1-5H3/t21-,22?/m1/s1. The maximum atomic E-state index is 13.7. The number of rotatable bonds is 9. The van der Waals surface area contributed by atoms with Crippen LogP contribution in [-0.4, -0.2) is 19.2 Å². The molecule has 4 nitrogen and oxygen atoms in total. The lowest BCUT2D eigenvalue weighted by atomic mass is 9.91. The molecule has 0 saturated carbocycles. The summed E-state index contributed by atoms with van der Waals surface area (Å²) in [6.45, 7) is 7.12. The summed E-state index contributed by atoms with van der Waals surface area (Å²) in [4.78, 5) is 12.8.